The van der Waals surface area contributed by atoms with Crippen LogP contribution in [-0.2, 0) is 4.79 Å². The summed E-state index contributed by atoms with van der Waals surface area (Å²) in [7, 11) is 0. The van der Waals surface area contributed by atoms with Crippen LogP contribution in [0.1, 0.15) is 6.42 Å². The third-order valence-corrected chi connectivity index (χ3v) is 3.43. The molecule has 1 aliphatic rings. The lowest BCUT2D eigenvalue weighted by molar-refractivity contribution is -0.117. The molecule has 1 saturated heterocycles. The second-order valence-corrected chi connectivity index (χ2v) is 5.65. The van der Waals surface area contributed by atoms with Crippen LogP contribution in [0, 0.1) is 0 Å². The Morgan fingerprint density at radius 3 is 2.80 bits per heavy atom. The Morgan fingerprint density at radius 1 is 1.53 bits per heavy atom. The van der Waals surface area contributed by atoms with Crippen LogP contribution < -0.4 is 4.90 Å². The predicted molar refractivity (Wildman–Crippen MR) is 66.2 cm³/mol. The van der Waals surface area contributed by atoms with Gasteiger partial charge in [0.25, 0.3) is 0 Å². The molecule has 0 saturated carbocycles. The van der Waals surface area contributed by atoms with E-state index in [4.69, 9.17) is 11.6 Å². The summed E-state index contributed by atoms with van der Waals surface area (Å²) in [5.74, 6) is 0.650. The number of hydrogen-bond donors (Lipinski definition) is 0. The van der Waals surface area contributed by atoms with Crippen molar-refractivity contribution in [3.8, 4) is 0 Å². The van der Waals surface area contributed by atoms with E-state index < -0.39 is 0 Å². The van der Waals surface area contributed by atoms with Gasteiger partial charge in [0.15, 0.2) is 0 Å². The van der Waals surface area contributed by atoms with Gasteiger partial charge in [-0.15, -0.1) is 11.6 Å². The van der Waals surface area contributed by atoms with Crippen molar-refractivity contribution in [2.45, 2.75) is 11.8 Å². The minimum absolute atomic E-state index is 0.0190. The van der Waals surface area contributed by atoms with Crippen molar-refractivity contribution >= 4 is 55.2 Å². The van der Waals surface area contributed by atoms with Gasteiger partial charge < -0.3 is 0 Å². The first-order valence-corrected chi connectivity index (χ1v) is 6.35. The lowest BCUT2D eigenvalue weighted by Gasteiger charge is -2.16. The molecule has 0 radical (unpaired) electrons. The minimum atomic E-state index is -0.116. The van der Waals surface area contributed by atoms with Crippen molar-refractivity contribution in [2.75, 3.05) is 11.4 Å². The van der Waals surface area contributed by atoms with Gasteiger partial charge in [-0.1, -0.05) is 0 Å². The van der Waals surface area contributed by atoms with E-state index in [0.29, 0.717) is 18.8 Å². The van der Waals surface area contributed by atoms with E-state index in [1.165, 1.54) is 0 Å². The lowest BCUT2D eigenvalue weighted by Crippen LogP contribution is -2.25. The molecule has 1 unspecified atom stereocenters. The second-order valence-electron chi connectivity index (χ2n) is 3.26. The molecule has 1 aromatic heterocycles. The lowest BCUT2D eigenvalue weighted by atomic mass is 10.4. The number of rotatable bonds is 1. The third kappa shape index (κ3) is 2.34. The van der Waals surface area contributed by atoms with Crippen molar-refractivity contribution < 1.29 is 4.79 Å². The molecule has 0 aromatic carbocycles. The standard InChI is InChI=1S/C9H7Br2ClN2O/c10-5-1-7(11)9(13-3-5)14-4-6(12)2-8(14)15/h1,3,6H,2,4H2. The van der Waals surface area contributed by atoms with Gasteiger partial charge in [-0.25, -0.2) is 4.98 Å². The highest BCUT2D eigenvalue weighted by Gasteiger charge is 2.31. The molecule has 0 spiro atoms. The topological polar surface area (TPSA) is 33.2 Å². The fourth-order valence-electron chi connectivity index (χ4n) is 1.47. The van der Waals surface area contributed by atoms with Gasteiger partial charge in [0, 0.05) is 23.6 Å². The first-order chi connectivity index (χ1) is 7.08. The summed E-state index contributed by atoms with van der Waals surface area (Å²) < 4.78 is 1.66. The summed E-state index contributed by atoms with van der Waals surface area (Å²) in [6, 6.07) is 1.86. The molecule has 2 rings (SSSR count). The molecule has 0 aliphatic carbocycles. The molecular formula is C9H7Br2ClN2O. The zero-order chi connectivity index (χ0) is 11.0. The van der Waals surface area contributed by atoms with Crippen molar-refractivity contribution in [3.05, 3.63) is 21.2 Å². The van der Waals surface area contributed by atoms with Crippen LogP contribution in [0.4, 0.5) is 5.82 Å². The molecular weight excluding hydrogens is 347 g/mol. The number of amides is 1. The number of hydrogen-bond acceptors (Lipinski definition) is 2. The van der Waals surface area contributed by atoms with Gasteiger partial charge in [-0.3, -0.25) is 9.69 Å². The molecule has 1 aliphatic heterocycles. The Bertz CT molecular complexity index is 413. The van der Waals surface area contributed by atoms with Crippen molar-refractivity contribution in [2.24, 2.45) is 0 Å². The molecule has 80 valence electrons. The molecule has 3 nitrogen and oxygen atoms in total. The number of halogens is 3. The molecule has 1 aromatic rings. The Balaban J connectivity index is 2.34. The Labute approximate surface area is 109 Å². The fraction of sp³-hybridized carbons (Fsp3) is 0.333. The SMILES string of the molecule is O=C1CC(Cl)CN1c1ncc(Br)cc1Br. The minimum Gasteiger partial charge on any atom is -0.294 e. The zero-order valence-corrected chi connectivity index (χ0v) is 11.5. The third-order valence-electron chi connectivity index (χ3n) is 2.12. The quantitative estimate of drug-likeness (QED) is 0.727. The normalized spacial score (nSPS) is 21.1. The molecule has 1 atom stereocenters. The van der Waals surface area contributed by atoms with Crippen molar-refractivity contribution in [1.29, 1.82) is 0 Å². The molecule has 2 heterocycles. The first kappa shape index (κ1) is 11.4. The van der Waals surface area contributed by atoms with Crippen LogP contribution in [0.2, 0.25) is 0 Å². The maximum absolute atomic E-state index is 11.6. The van der Waals surface area contributed by atoms with Gasteiger partial charge in [0.05, 0.1) is 9.85 Å². The highest BCUT2D eigenvalue weighted by atomic mass is 79.9. The monoisotopic (exact) mass is 352 g/mol. The van der Waals surface area contributed by atoms with E-state index in [1.807, 2.05) is 6.07 Å². The van der Waals surface area contributed by atoms with Gasteiger partial charge in [-0.05, 0) is 37.9 Å². The van der Waals surface area contributed by atoms with Crippen LogP contribution in [0.5, 0.6) is 0 Å². The maximum Gasteiger partial charge on any atom is 0.229 e. The average molecular weight is 354 g/mol. The van der Waals surface area contributed by atoms with Crippen LogP contribution in [0.25, 0.3) is 0 Å². The van der Waals surface area contributed by atoms with Gasteiger partial charge in [0.2, 0.25) is 5.91 Å². The Kier molecular flexibility index (Phi) is 3.33. The van der Waals surface area contributed by atoms with E-state index in [9.17, 15) is 4.79 Å². The molecule has 6 heteroatoms. The number of carbonyl (C=O) groups excluding carboxylic acids is 1. The highest BCUT2D eigenvalue weighted by molar-refractivity contribution is 9.11. The number of aromatic nitrogens is 1. The summed E-state index contributed by atoms with van der Waals surface area (Å²) in [5.41, 5.74) is 0. The number of anilines is 1. The number of carbonyl (C=O) groups is 1. The van der Waals surface area contributed by atoms with E-state index in [2.05, 4.69) is 36.8 Å². The fourth-order valence-corrected chi connectivity index (χ4v) is 2.95. The van der Waals surface area contributed by atoms with E-state index >= 15 is 0 Å². The van der Waals surface area contributed by atoms with Crippen molar-refractivity contribution in [3.63, 3.8) is 0 Å². The van der Waals surface area contributed by atoms with Crippen LogP contribution >= 0.6 is 43.5 Å². The summed E-state index contributed by atoms with van der Waals surface area (Å²) in [4.78, 5) is 17.4. The van der Waals surface area contributed by atoms with Gasteiger partial charge in [0.1, 0.15) is 5.82 Å². The maximum atomic E-state index is 11.6. The van der Waals surface area contributed by atoms with Crippen molar-refractivity contribution in [1.82, 2.24) is 4.98 Å². The largest absolute Gasteiger partial charge is 0.294 e. The first-order valence-electron chi connectivity index (χ1n) is 4.33. The average Bonchev–Trinajstić information content (AvgIpc) is 2.45. The molecule has 0 N–H and O–H groups in total. The summed E-state index contributed by atoms with van der Waals surface area (Å²) in [6.45, 7) is 0.521. The van der Waals surface area contributed by atoms with E-state index in [0.717, 1.165) is 8.95 Å². The highest BCUT2D eigenvalue weighted by Crippen LogP contribution is 2.30. The predicted octanol–water partition coefficient (Wildman–Crippen LogP) is 2.95. The molecule has 0 bridgehead atoms. The van der Waals surface area contributed by atoms with Crippen LogP contribution in [-0.4, -0.2) is 22.8 Å². The summed E-state index contributed by atoms with van der Waals surface area (Å²) in [5, 5.41) is -0.116. The summed E-state index contributed by atoms with van der Waals surface area (Å²) >= 11 is 12.6. The van der Waals surface area contributed by atoms with Gasteiger partial charge in [-0.2, -0.15) is 0 Å². The smallest absolute Gasteiger partial charge is 0.229 e. The van der Waals surface area contributed by atoms with Crippen LogP contribution in [0.15, 0.2) is 21.2 Å². The number of alkyl halides is 1. The molecule has 1 fully saturated rings. The second kappa shape index (κ2) is 4.39. The van der Waals surface area contributed by atoms with E-state index in [1.54, 1.807) is 11.1 Å². The number of nitrogens with zero attached hydrogens (tertiary/aromatic N) is 2. The Hall–Kier alpha value is -0.130. The van der Waals surface area contributed by atoms with E-state index in [-0.39, 0.29) is 11.3 Å². The summed E-state index contributed by atoms with van der Waals surface area (Å²) in [6.07, 6.45) is 2.04. The molecule has 15 heavy (non-hydrogen) atoms. The van der Waals surface area contributed by atoms with Gasteiger partial charge >= 0.3 is 0 Å². The number of pyridine rings is 1. The Morgan fingerprint density at radius 2 is 2.27 bits per heavy atom. The van der Waals surface area contributed by atoms with Crippen LogP contribution in [0.3, 0.4) is 0 Å². The zero-order valence-electron chi connectivity index (χ0n) is 7.58. The molecule has 1 amide bonds.